The summed E-state index contributed by atoms with van der Waals surface area (Å²) in [6.07, 6.45) is 2.34. The highest BCUT2D eigenvalue weighted by Crippen LogP contribution is 2.37. The van der Waals surface area contributed by atoms with Gasteiger partial charge in [-0.1, -0.05) is 6.07 Å². The van der Waals surface area contributed by atoms with Crippen LogP contribution in [0.1, 0.15) is 47.5 Å². The van der Waals surface area contributed by atoms with Gasteiger partial charge in [0.2, 0.25) is 0 Å². The minimum atomic E-state index is -0.643. The number of hydrogen-bond donors (Lipinski definition) is 0. The first kappa shape index (κ1) is 15.8. The van der Waals surface area contributed by atoms with Gasteiger partial charge in [-0.05, 0) is 59.6 Å². The Balaban J connectivity index is 1.85. The van der Waals surface area contributed by atoms with E-state index in [0.29, 0.717) is 11.5 Å². The second-order valence-corrected chi connectivity index (χ2v) is 7.48. The number of nitrogens with zero attached hydrogens (tertiary/aromatic N) is 1. The Labute approximate surface area is 132 Å². The van der Waals surface area contributed by atoms with Crippen LogP contribution in [-0.2, 0) is 9.31 Å². The summed E-state index contributed by atoms with van der Waals surface area (Å²) in [4.78, 5) is 2.26. The van der Waals surface area contributed by atoms with Crippen LogP contribution in [0.4, 0.5) is 10.1 Å². The van der Waals surface area contributed by atoms with E-state index in [2.05, 4.69) is 11.8 Å². The molecular weight excluding hydrogens is 280 g/mol. The molecule has 5 heteroatoms. The zero-order valence-electron chi connectivity index (χ0n) is 14.1. The molecule has 0 N–H and O–H groups in total. The molecule has 120 valence electrons. The van der Waals surface area contributed by atoms with Crippen molar-refractivity contribution >= 4 is 18.3 Å². The Hall–Kier alpha value is -1.07. The second-order valence-electron chi connectivity index (χ2n) is 7.48. The van der Waals surface area contributed by atoms with E-state index in [1.54, 1.807) is 12.1 Å². The van der Waals surface area contributed by atoms with Gasteiger partial charge in [-0.15, -0.1) is 0 Å². The smallest absolute Gasteiger partial charge is 0.399 e. The summed E-state index contributed by atoms with van der Waals surface area (Å²) < 4.78 is 26.5. The maximum Gasteiger partial charge on any atom is 0.497 e. The molecule has 0 spiro atoms. The normalized spacial score (nSPS) is 26.7. The Morgan fingerprint density at radius 2 is 1.82 bits per heavy atom. The first-order chi connectivity index (χ1) is 10.2. The van der Waals surface area contributed by atoms with E-state index in [-0.39, 0.29) is 5.82 Å². The highest BCUT2D eigenvalue weighted by atomic mass is 19.1. The highest BCUT2D eigenvalue weighted by Gasteiger charge is 2.52. The van der Waals surface area contributed by atoms with Gasteiger partial charge in [-0.2, -0.15) is 0 Å². The van der Waals surface area contributed by atoms with Crippen LogP contribution in [-0.4, -0.2) is 30.9 Å². The lowest BCUT2D eigenvalue weighted by Gasteiger charge is -2.32. The number of benzene rings is 1. The summed E-state index contributed by atoms with van der Waals surface area (Å²) in [5.74, 6) is -0.255. The van der Waals surface area contributed by atoms with Gasteiger partial charge in [0.15, 0.2) is 0 Å². The molecule has 0 bridgehead atoms. The monoisotopic (exact) mass is 305 g/mol. The molecule has 2 aliphatic heterocycles. The topological polar surface area (TPSA) is 21.7 Å². The zero-order valence-corrected chi connectivity index (χ0v) is 14.1. The van der Waals surface area contributed by atoms with Gasteiger partial charge in [0, 0.05) is 23.7 Å². The molecule has 22 heavy (non-hydrogen) atoms. The Kier molecular flexibility index (Phi) is 3.77. The molecule has 2 aliphatic rings. The lowest BCUT2D eigenvalue weighted by atomic mass is 9.78. The molecule has 2 saturated heterocycles. The van der Waals surface area contributed by atoms with E-state index < -0.39 is 18.3 Å². The van der Waals surface area contributed by atoms with E-state index in [4.69, 9.17) is 9.31 Å². The van der Waals surface area contributed by atoms with Crippen molar-refractivity contribution in [3.05, 3.63) is 24.0 Å². The molecule has 2 heterocycles. The number of halogens is 1. The van der Waals surface area contributed by atoms with Gasteiger partial charge >= 0.3 is 7.12 Å². The van der Waals surface area contributed by atoms with Crippen LogP contribution in [0.2, 0.25) is 0 Å². The van der Waals surface area contributed by atoms with Crippen LogP contribution >= 0.6 is 0 Å². The van der Waals surface area contributed by atoms with Crippen molar-refractivity contribution < 1.29 is 13.7 Å². The third kappa shape index (κ3) is 2.54. The van der Waals surface area contributed by atoms with E-state index in [1.807, 2.05) is 33.8 Å². The van der Waals surface area contributed by atoms with Crippen LogP contribution in [0.3, 0.4) is 0 Å². The van der Waals surface area contributed by atoms with E-state index in [9.17, 15) is 4.39 Å². The average molecular weight is 305 g/mol. The van der Waals surface area contributed by atoms with Crippen molar-refractivity contribution in [2.24, 2.45) is 0 Å². The first-order valence-electron chi connectivity index (χ1n) is 8.13. The van der Waals surface area contributed by atoms with Crippen molar-refractivity contribution in [3.63, 3.8) is 0 Å². The third-order valence-corrected chi connectivity index (χ3v) is 5.38. The summed E-state index contributed by atoms with van der Waals surface area (Å²) in [6, 6.07) is 5.87. The molecule has 1 aromatic rings. The summed E-state index contributed by atoms with van der Waals surface area (Å²) in [5.41, 5.74) is 0.524. The Morgan fingerprint density at radius 3 is 2.32 bits per heavy atom. The second kappa shape index (κ2) is 5.24. The molecule has 0 aliphatic carbocycles. The van der Waals surface area contributed by atoms with Crippen LogP contribution in [0.25, 0.3) is 0 Å². The number of anilines is 1. The molecule has 3 rings (SSSR count). The molecule has 0 amide bonds. The van der Waals surface area contributed by atoms with Crippen LogP contribution in [0, 0.1) is 5.82 Å². The lowest BCUT2D eigenvalue weighted by molar-refractivity contribution is 0.00578. The van der Waals surface area contributed by atoms with E-state index in [0.717, 1.165) is 12.2 Å². The number of rotatable bonds is 2. The minimum Gasteiger partial charge on any atom is -0.399 e. The molecule has 0 unspecified atom stereocenters. The van der Waals surface area contributed by atoms with Crippen molar-refractivity contribution in [2.45, 2.75) is 64.7 Å². The van der Waals surface area contributed by atoms with Crippen LogP contribution in [0.5, 0.6) is 0 Å². The Morgan fingerprint density at radius 1 is 1.18 bits per heavy atom. The molecule has 3 nitrogen and oxygen atoms in total. The van der Waals surface area contributed by atoms with Gasteiger partial charge in [-0.25, -0.2) is 4.39 Å². The van der Waals surface area contributed by atoms with Gasteiger partial charge in [0.05, 0.1) is 11.2 Å². The highest BCUT2D eigenvalue weighted by molar-refractivity contribution is 6.62. The SMILES string of the molecule is C[C@@H]1CCCN1c1ccc(B2OC(C)(C)C(C)(C)O2)c(F)c1. The summed E-state index contributed by atoms with van der Waals surface area (Å²) in [7, 11) is -0.643. The van der Waals surface area contributed by atoms with E-state index >= 15 is 0 Å². The number of hydrogen-bond acceptors (Lipinski definition) is 3. The molecule has 0 aromatic heterocycles. The van der Waals surface area contributed by atoms with Gasteiger partial charge in [0.25, 0.3) is 0 Å². The Bertz CT molecular complexity index is 560. The van der Waals surface area contributed by atoms with Crippen LogP contribution < -0.4 is 10.4 Å². The van der Waals surface area contributed by atoms with Crippen molar-refractivity contribution in [2.75, 3.05) is 11.4 Å². The molecule has 1 atom stereocenters. The minimum absolute atomic E-state index is 0.255. The summed E-state index contributed by atoms with van der Waals surface area (Å²) in [6.45, 7) is 11.1. The predicted molar refractivity (Wildman–Crippen MR) is 88.2 cm³/mol. The van der Waals surface area contributed by atoms with Crippen molar-refractivity contribution in [1.82, 2.24) is 0 Å². The first-order valence-corrected chi connectivity index (χ1v) is 8.13. The van der Waals surface area contributed by atoms with Crippen molar-refractivity contribution in [3.8, 4) is 0 Å². The molecule has 0 radical (unpaired) electrons. The fourth-order valence-electron chi connectivity index (χ4n) is 3.17. The maximum absolute atomic E-state index is 14.6. The average Bonchev–Trinajstić information content (AvgIpc) is 2.91. The third-order valence-electron chi connectivity index (χ3n) is 5.38. The summed E-state index contributed by atoms with van der Waals surface area (Å²) in [5, 5.41) is 0. The van der Waals surface area contributed by atoms with Gasteiger partial charge in [0.1, 0.15) is 5.82 Å². The lowest BCUT2D eigenvalue weighted by Crippen LogP contribution is -2.41. The van der Waals surface area contributed by atoms with Gasteiger partial charge < -0.3 is 14.2 Å². The maximum atomic E-state index is 14.6. The molecule has 1 aromatic carbocycles. The largest absolute Gasteiger partial charge is 0.497 e. The predicted octanol–water partition coefficient (Wildman–Crippen LogP) is 3.11. The quantitative estimate of drug-likeness (QED) is 0.784. The molecule has 0 saturated carbocycles. The van der Waals surface area contributed by atoms with E-state index in [1.165, 1.54) is 12.8 Å². The standard InChI is InChI=1S/C17H25BFNO2/c1-12-7-6-10-20(12)13-8-9-14(15(19)11-13)18-21-16(2,3)17(4,5)22-18/h8-9,11-12H,6-7,10H2,1-5H3/t12-/m1/s1. The fraction of sp³-hybridized carbons (Fsp3) is 0.647. The summed E-state index contributed by atoms with van der Waals surface area (Å²) >= 11 is 0. The molecule has 2 fully saturated rings. The van der Waals surface area contributed by atoms with Crippen LogP contribution in [0.15, 0.2) is 18.2 Å². The zero-order chi connectivity index (χ0) is 16.1. The van der Waals surface area contributed by atoms with Crippen molar-refractivity contribution in [1.29, 1.82) is 0 Å². The van der Waals surface area contributed by atoms with Gasteiger partial charge in [-0.3, -0.25) is 0 Å². The molecular formula is C17H25BFNO2. The fourth-order valence-corrected chi connectivity index (χ4v) is 3.17.